The summed E-state index contributed by atoms with van der Waals surface area (Å²) >= 11 is 0. The van der Waals surface area contributed by atoms with Gasteiger partial charge in [0.15, 0.2) is 23.6 Å². The van der Waals surface area contributed by atoms with Crippen LogP contribution < -0.4 is 21.7 Å². The van der Waals surface area contributed by atoms with Gasteiger partial charge in [0, 0.05) is 23.5 Å². The molecule has 0 bridgehead atoms. The van der Waals surface area contributed by atoms with Crippen molar-refractivity contribution < 1.29 is 29.6 Å². The number of carbonyl (C=O) groups is 2. The highest BCUT2D eigenvalue weighted by atomic mass is 16.6. The third-order valence-corrected chi connectivity index (χ3v) is 5.87. The van der Waals surface area contributed by atoms with Crippen molar-refractivity contribution >= 4 is 45.4 Å². The maximum absolute atomic E-state index is 12.2. The molecule has 1 aromatic carbocycles. The van der Waals surface area contributed by atoms with E-state index < -0.39 is 36.5 Å². The zero-order valence-corrected chi connectivity index (χ0v) is 18.6. The largest absolute Gasteiger partial charge is 0.494 e. The SMILES string of the molecule is Nc1ncnc2c1ncn2C1OC(CNC(=O)CNC(=O)Nc2cccc3c(O)[nH]cc23)C(O)C1O. The molecule has 15 heteroatoms. The van der Waals surface area contributed by atoms with Crippen LogP contribution in [0.15, 0.2) is 37.1 Å². The second-order valence-electron chi connectivity index (χ2n) is 8.15. The van der Waals surface area contributed by atoms with Gasteiger partial charge >= 0.3 is 6.03 Å². The van der Waals surface area contributed by atoms with Gasteiger partial charge in [0.25, 0.3) is 0 Å². The van der Waals surface area contributed by atoms with Crippen molar-refractivity contribution in [1.82, 2.24) is 35.1 Å². The number of hydrogen-bond acceptors (Lipinski definition) is 10. The molecule has 1 fully saturated rings. The fraction of sp³-hybridized carbons (Fsp3) is 0.286. The number of benzene rings is 1. The first-order chi connectivity index (χ1) is 17.3. The summed E-state index contributed by atoms with van der Waals surface area (Å²) < 4.78 is 7.19. The summed E-state index contributed by atoms with van der Waals surface area (Å²) in [6.07, 6.45) is -0.400. The van der Waals surface area contributed by atoms with Crippen LogP contribution in [0.2, 0.25) is 0 Å². The summed E-state index contributed by atoms with van der Waals surface area (Å²) in [7, 11) is 0. The predicted molar refractivity (Wildman–Crippen MR) is 126 cm³/mol. The zero-order chi connectivity index (χ0) is 25.4. The van der Waals surface area contributed by atoms with Crippen molar-refractivity contribution in [1.29, 1.82) is 0 Å². The molecule has 0 radical (unpaired) electrons. The van der Waals surface area contributed by atoms with E-state index in [1.807, 2.05) is 0 Å². The van der Waals surface area contributed by atoms with Crippen LogP contribution in [0.1, 0.15) is 6.23 Å². The Morgan fingerprint density at radius 2 is 1.97 bits per heavy atom. The summed E-state index contributed by atoms with van der Waals surface area (Å²) in [6, 6.07) is 4.39. The first-order valence-electron chi connectivity index (χ1n) is 10.9. The van der Waals surface area contributed by atoms with Crippen LogP contribution in [-0.2, 0) is 9.53 Å². The summed E-state index contributed by atoms with van der Waals surface area (Å²) in [6.45, 7) is -0.472. The minimum atomic E-state index is -1.32. The third kappa shape index (κ3) is 4.21. The minimum Gasteiger partial charge on any atom is -0.494 e. The molecule has 1 aliphatic heterocycles. The Morgan fingerprint density at radius 3 is 2.81 bits per heavy atom. The molecule has 0 aliphatic carbocycles. The van der Waals surface area contributed by atoms with E-state index in [-0.39, 0.29) is 24.8 Å². The molecule has 4 unspecified atom stereocenters. The number of fused-ring (bicyclic) bond motifs is 2. The minimum absolute atomic E-state index is 0.0178. The van der Waals surface area contributed by atoms with Crippen molar-refractivity contribution in [3.8, 4) is 5.88 Å². The number of ether oxygens (including phenoxy) is 1. The Hall–Kier alpha value is -4.47. The molecule has 1 saturated heterocycles. The average molecular weight is 497 g/mol. The van der Waals surface area contributed by atoms with Crippen molar-refractivity contribution in [3.63, 3.8) is 0 Å². The summed E-state index contributed by atoms with van der Waals surface area (Å²) in [5.41, 5.74) is 6.88. The van der Waals surface area contributed by atoms with Gasteiger partial charge in [-0.05, 0) is 12.1 Å². The van der Waals surface area contributed by atoms with E-state index in [1.165, 1.54) is 17.2 Å². The van der Waals surface area contributed by atoms with Gasteiger partial charge in [-0.25, -0.2) is 19.7 Å². The molecule has 5 rings (SSSR count). The highest BCUT2D eigenvalue weighted by molar-refractivity contribution is 6.03. The number of nitrogens with zero attached hydrogens (tertiary/aromatic N) is 4. The molecule has 0 spiro atoms. The molecule has 9 N–H and O–H groups in total. The van der Waals surface area contributed by atoms with E-state index in [1.54, 1.807) is 24.4 Å². The molecule has 188 valence electrons. The van der Waals surface area contributed by atoms with Crippen LogP contribution in [0.25, 0.3) is 21.9 Å². The lowest BCUT2D eigenvalue weighted by Gasteiger charge is -2.16. The van der Waals surface area contributed by atoms with Gasteiger partial charge in [0.1, 0.15) is 30.2 Å². The number of urea groups is 1. The van der Waals surface area contributed by atoms with Gasteiger partial charge in [0.05, 0.1) is 18.6 Å². The first-order valence-corrected chi connectivity index (χ1v) is 10.9. The molecule has 4 atom stereocenters. The highest BCUT2D eigenvalue weighted by Crippen LogP contribution is 2.32. The van der Waals surface area contributed by atoms with Crippen LogP contribution in [0.5, 0.6) is 5.88 Å². The van der Waals surface area contributed by atoms with Gasteiger partial charge in [-0.3, -0.25) is 9.36 Å². The van der Waals surface area contributed by atoms with Gasteiger partial charge in [-0.1, -0.05) is 6.07 Å². The number of nitrogen functional groups attached to an aromatic ring is 1. The average Bonchev–Trinajstić information content (AvgIpc) is 3.54. The molecule has 3 aromatic heterocycles. The number of carbonyl (C=O) groups excluding carboxylic acids is 2. The number of aliphatic hydroxyl groups excluding tert-OH is 2. The second-order valence-corrected chi connectivity index (χ2v) is 8.15. The number of rotatable bonds is 6. The number of amides is 3. The van der Waals surface area contributed by atoms with Gasteiger partial charge < -0.3 is 46.7 Å². The summed E-state index contributed by atoms with van der Waals surface area (Å²) in [5.74, 6) is -0.393. The first kappa shape index (κ1) is 23.3. The Balaban J connectivity index is 1.14. The molecule has 36 heavy (non-hydrogen) atoms. The van der Waals surface area contributed by atoms with E-state index in [9.17, 15) is 24.9 Å². The number of nitrogens with one attached hydrogen (secondary N) is 4. The van der Waals surface area contributed by atoms with E-state index in [2.05, 4.69) is 35.9 Å². The fourth-order valence-corrected chi connectivity index (χ4v) is 4.04. The molecule has 4 aromatic rings. The van der Waals surface area contributed by atoms with Crippen molar-refractivity contribution in [3.05, 3.63) is 37.1 Å². The number of anilines is 2. The van der Waals surface area contributed by atoms with Gasteiger partial charge in [0.2, 0.25) is 5.91 Å². The van der Waals surface area contributed by atoms with Crippen LogP contribution in [-0.4, -0.2) is 83.2 Å². The number of aromatic hydroxyl groups is 1. The number of nitrogens with two attached hydrogens (primary N) is 1. The van der Waals surface area contributed by atoms with Crippen molar-refractivity contribution in [2.75, 3.05) is 24.1 Å². The van der Waals surface area contributed by atoms with Crippen LogP contribution in [0, 0.1) is 0 Å². The number of aromatic nitrogens is 5. The van der Waals surface area contributed by atoms with E-state index in [0.29, 0.717) is 27.6 Å². The third-order valence-electron chi connectivity index (χ3n) is 5.87. The topological polar surface area (TPSA) is 226 Å². The standard InChI is InChI=1S/C21H23N9O6/c22-17-14-18(27-7-26-17)30(8-28-14)20-16(33)15(32)12(36-20)5-23-13(31)6-25-21(35)29-11-3-1-2-9-10(11)4-24-19(9)34/h1-4,7-8,12,15-16,20,24,32-34H,5-6H2,(H,23,31)(H2,22,26,27)(H2,25,29,35). The Kier molecular flexibility index (Phi) is 6.01. The Bertz CT molecular complexity index is 1440. The molecule has 1 aliphatic rings. The summed E-state index contributed by atoms with van der Waals surface area (Å²) in [4.78, 5) is 39.2. The van der Waals surface area contributed by atoms with E-state index in [0.717, 1.165) is 0 Å². The van der Waals surface area contributed by atoms with Crippen LogP contribution in [0.3, 0.4) is 0 Å². The predicted octanol–water partition coefficient (Wildman–Crippen LogP) is -0.847. The quantitative estimate of drug-likeness (QED) is 0.165. The monoisotopic (exact) mass is 497 g/mol. The van der Waals surface area contributed by atoms with Gasteiger partial charge in [-0.15, -0.1) is 0 Å². The maximum Gasteiger partial charge on any atom is 0.319 e. The maximum atomic E-state index is 12.2. The van der Waals surface area contributed by atoms with Crippen LogP contribution >= 0.6 is 0 Å². The molecule has 4 heterocycles. The number of aromatic amines is 1. The molecule has 15 nitrogen and oxygen atoms in total. The number of aliphatic hydroxyl groups is 2. The second kappa shape index (κ2) is 9.29. The van der Waals surface area contributed by atoms with E-state index >= 15 is 0 Å². The normalized spacial score (nSPS) is 21.6. The number of H-pyrrole nitrogens is 1. The lowest BCUT2D eigenvalue weighted by atomic mass is 10.1. The smallest absolute Gasteiger partial charge is 0.319 e. The van der Waals surface area contributed by atoms with Crippen molar-refractivity contribution in [2.24, 2.45) is 0 Å². The summed E-state index contributed by atoms with van der Waals surface area (Å²) in [5, 5.41) is 39.4. The molecular weight excluding hydrogens is 474 g/mol. The fourth-order valence-electron chi connectivity index (χ4n) is 4.04. The Labute approximate surface area is 202 Å². The molecular formula is C21H23N9O6. The molecule has 0 saturated carbocycles. The lowest BCUT2D eigenvalue weighted by molar-refractivity contribution is -0.121. The lowest BCUT2D eigenvalue weighted by Crippen LogP contribution is -2.44. The van der Waals surface area contributed by atoms with Crippen molar-refractivity contribution in [2.45, 2.75) is 24.5 Å². The van der Waals surface area contributed by atoms with E-state index in [4.69, 9.17) is 10.5 Å². The zero-order valence-electron chi connectivity index (χ0n) is 18.6. The highest BCUT2D eigenvalue weighted by Gasteiger charge is 2.44. The van der Waals surface area contributed by atoms with Gasteiger partial charge in [-0.2, -0.15) is 0 Å². The van der Waals surface area contributed by atoms with Crippen LogP contribution in [0.4, 0.5) is 16.3 Å². The number of hydrogen-bond donors (Lipinski definition) is 8. The molecule has 3 amide bonds. The number of imidazole rings is 1. The Morgan fingerprint density at radius 1 is 1.14 bits per heavy atom.